The number of anilines is 1. The van der Waals surface area contributed by atoms with Crippen LogP contribution in [-0.2, 0) is 0 Å². The van der Waals surface area contributed by atoms with Gasteiger partial charge < -0.3 is 10.2 Å². The summed E-state index contributed by atoms with van der Waals surface area (Å²) in [5, 5.41) is 14.6. The smallest absolute Gasteiger partial charge is 0.293 e. The number of nitro benzene ring substituents is 1. The molecule has 0 spiro atoms. The maximum absolute atomic E-state index is 11.1. The Hall–Kier alpha value is -1.14. The van der Waals surface area contributed by atoms with Crippen molar-refractivity contribution in [2.45, 2.75) is 25.3 Å². The average molecular weight is 328 g/mol. The quantitative estimate of drug-likeness (QED) is 0.682. The van der Waals surface area contributed by atoms with Gasteiger partial charge in [-0.05, 0) is 31.5 Å². The number of rotatable bonds is 4. The maximum atomic E-state index is 11.1. The summed E-state index contributed by atoms with van der Waals surface area (Å²) in [5.41, 5.74) is 0.813. The topological polar surface area (TPSA) is 58.4 Å². The Bertz CT molecular complexity index is 461. The van der Waals surface area contributed by atoms with Crippen molar-refractivity contribution in [1.29, 1.82) is 0 Å². The molecule has 1 aliphatic rings. The van der Waals surface area contributed by atoms with Crippen LogP contribution in [0.5, 0.6) is 0 Å². The highest BCUT2D eigenvalue weighted by molar-refractivity contribution is 9.10. The van der Waals surface area contributed by atoms with Crippen LogP contribution in [0.3, 0.4) is 0 Å². The molecule has 5 nitrogen and oxygen atoms in total. The van der Waals surface area contributed by atoms with Gasteiger partial charge in [0.1, 0.15) is 5.69 Å². The second kappa shape index (κ2) is 6.34. The van der Waals surface area contributed by atoms with Gasteiger partial charge in [0.25, 0.3) is 5.69 Å². The van der Waals surface area contributed by atoms with Gasteiger partial charge in [-0.1, -0.05) is 22.4 Å². The molecule has 1 aliphatic heterocycles. The van der Waals surface area contributed by atoms with E-state index in [9.17, 15) is 10.1 Å². The van der Waals surface area contributed by atoms with Crippen molar-refractivity contribution in [1.82, 2.24) is 5.32 Å². The summed E-state index contributed by atoms with van der Waals surface area (Å²) in [5.74, 6) is 0. The fourth-order valence-electron chi connectivity index (χ4n) is 2.47. The molecule has 104 valence electrons. The Kier molecular flexibility index (Phi) is 4.76. The summed E-state index contributed by atoms with van der Waals surface area (Å²) in [7, 11) is 1.91. The molecule has 0 radical (unpaired) electrons. The molecule has 1 aromatic rings. The van der Waals surface area contributed by atoms with Crippen LogP contribution in [0.2, 0.25) is 0 Å². The van der Waals surface area contributed by atoms with Crippen molar-refractivity contribution in [3.05, 3.63) is 32.8 Å². The second-order valence-corrected chi connectivity index (χ2v) is 5.83. The van der Waals surface area contributed by atoms with E-state index >= 15 is 0 Å². The van der Waals surface area contributed by atoms with Gasteiger partial charge in [0.2, 0.25) is 0 Å². The standard InChI is InChI=1S/C13H18BrN3O2/c1-16(9-11-4-2-3-7-15-11)12-6-5-10(14)8-13(12)17(18)19/h5-6,8,11,15H,2-4,7,9H2,1H3. The normalized spacial score (nSPS) is 19.2. The van der Waals surface area contributed by atoms with Crippen LogP contribution < -0.4 is 10.2 Å². The van der Waals surface area contributed by atoms with Gasteiger partial charge in [0.15, 0.2) is 0 Å². The number of nitrogens with zero attached hydrogens (tertiary/aromatic N) is 2. The number of nitrogens with one attached hydrogen (secondary N) is 1. The SMILES string of the molecule is CN(CC1CCCCN1)c1ccc(Br)cc1[N+](=O)[O-]. The van der Waals surface area contributed by atoms with E-state index in [1.54, 1.807) is 12.1 Å². The van der Waals surface area contributed by atoms with Crippen molar-refractivity contribution >= 4 is 27.3 Å². The van der Waals surface area contributed by atoms with Crippen molar-refractivity contribution < 1.29 is 4.92 Å². The number of likely N-dealkylation sites (N-methyl/N-ethyl adjacent to an activating group) is 1. The first kappa shape index (κ1) is 14.3. The van der Waals surface area contributed by atoms with E-state index in [2.05, 4.69) is 21.2 Å². The number of nitro groups is 1. The molecule has 1 atom stereocenters. The monoisotopic (exact) mass is 327 g/mol. The van der Waals surface area contributed by atoms with Crippen LogP contribution in [0, 0.1) is 10.1 Å². The minimum atomic E-state index is -0.328. The van der Waals surface area contributed by atoms with E-state index in [1.165, 1.54) is 12.8 Å². The van der Waals surface area contributed by atoms with Gasteiger partial charge in [-0.3, -0.25) is 10.1 Å². The van der Waals surface area contributed by atoms with Crippen LogP contribution in [0.25, 0.3) is 0 Å². The third-order valence-electron chi connectivity index (χ3n) is 3.45. The first-order valence-electron chi connectivity index (χ1n) is 6.46. The fourth-order valence-corrected chi connectivity index (χ4v) is 2.82. The van der Waals surface area contributed by atoms with Crippen LogP contribution in [0.15, 0.2) is 22.7 Å². The molecule has 19 heavy (non-hydrogen) atoms. The fraction of sp³-hybridized carbons (Fsp3) is 0.538. The van der Waals surface area contributed by atoms with Gasteiger partial charge >= 0.3 is 0 Å². The lowest BCUT2D eigenvalue weighted by Gasteiger charge is -2.29. The largest absolute Gasteiger partial charge is 0.367 e. The average Bonchev–Trinajstić information content (AvgIpc) is 2.39. The Balaban J connectivity index is 2.13. The van der Waals surface area contributed by atoms with Crippen molar-refractivity contribution in [2.75, 3.05) is 25.0 Å². The van der Waals surface area contributed by atoms with Crippen LogP contribution >= 0.6 is 15.9 Å². The zero-order valence-electron chi connectivity index (χ0n) is 10.9. The molecule has 0 bridgehead atoms. The molecule has 2 rings (SSSR count). The summed E-state index contributed by atoms with van der Waals surface area (Å²) >= 11 is 3.28. The minimum absolute atomic E-state index is 0.146. The van der Waals surface area contributed by atoms with Crippen molar-refractivity contribution in [3.63, 3.8) is 0 Å². The number of piperidine rings is 1. The zero-order valence-corrected chi connectivity index (χ0v) is 12.5. The summed E-state index contributed by atoms with van der Waals surface area (Å²) in [4.78, 5) is 12.8. The highest BCUT2D eigenvalue weighted by Gasteiger charge is 2.21. The number of hydrogen-bond donors (Lipinski definition) is 1. The molecule has 1 fully saturated rings. The lowest BCUT2D eigenvalue weighted by molar-refractivity contribution is -0.384. The van der Waals surface area contributed by atoms with Gasteiger partial charge in [-0.2, -0.15) is 0 Å². The predicted molar refractivity (Wildman–Crippen MR) is 79.7 cm³/mol. The van der Waals surface area contributed by atoms with E-state index in [0.29, 0.717) is 11.7 Å². The number of halogens is 1. The second-order valence-electron chi connectivity index (χ2n) is 4.92. The summed E-state index contributed by atoms with van der Waals surface area (Å²) in [6.07, 6.45) is 3.58. The van der Waals surface area contributed by atoms with E-state index in [-0.39, 0.29) is 10.6 Å². The van der Waals surface area contributed by atoms with Gasteiger partial charge in [-0.25, -0.2) is 0 Å². The molecular formula is C13H18BrN3O2. The third-order valence-corrected chi connectivity index (χ3v) is 3.95. The summed E-state index contributed by atoms with van der Waals surface area (Å²) in [6.45, 7) is 1.84. The molecule has 1 unspecified atom stereocenters. The zero-order chi connectivity index (χ0) is 13.8. The Morgan fingerprint density at radius 1 is 1.53 bits per heavy atom. The van der Waals surface area contributed by atoms with Crippen LogP contribution in [-0.4, -0.2) is 31.1 Å². The van der Waals surface area contributed by atoms with Crippen LogP contribution in [0.4, 0.5) is 11.4 Å². The molecule has 0 saturated carbocycles. The van der Waals surface area contributed by atoms with Gasteiger partial charge in [0, 0.05) is 30.2 Å². The Morgan fingerprint density at radius 2 is 2.32 bits per heavy atom. The molecule has 6 heteroatoms. The minimum Gasteiger partial charge on any atom is -0.367 e. The predicted octanol–water partition coefficient (Wildman–Crippen LogP) is 2.94. The molecule has 0 aliphatic carbocycles. The molecule has 0 aromatic heterocycles. The first-order valence-corrected chi connectivity index (χ1v) is 7.25. The number of benzene rings is 1. The maximum Gasteiger partial charge on any atom is 0.293 e. The lowest BCUT2D eigenvalue weighted by Crippen LogP contribution is -2.42. The van der Waals surface area contributed by atoms with E-state index in [0.717, 1.165) is 24.0 Å². The highest BCUT2D eigenvalue weighted by atomic mass is 79.9. The molecule has 1 saturated heterocycles. The molecular weight excluding hydrogens is 310 g/mol. The summed E-state index contributed by atoms with van der Waals surface area (Å²) < 4.78 is 0.729. The van der Waals surface area contributed by atoms with Crippen molar-refractivity contribution in [3.8, 4) is 0 Å². The Labute approximate surface area is 121 Å². The van der Waals surface area contributed by atoms with Gasteiger partial charge in [0.05, 0.1) is 4.92 Å². The highest BCUT2D eigenvalue weighted by Crippen LogP contribution is 2.30. The number of hydrogen-bond acceptors (Lipinski definition) is 4. The van der Waals surface area contributed by atoms with Gasteiger partial charge in [-0.15, -0.1) is 0 Å². The van der Waals surface area contributed by atoms with Crippen molar-refractivity contribution in [2.24, 2.45) is 0 Å². The van der Waals surface area contributed by atoms with E-state index in [4.69, 9.17) is 0 Å². The summed E-state index contributed by atoms with van der Waals surface area (Å²) in [6, 6.07) is 5.61. The molecule has 1 heterocycles. The Morgan fingerprint density at radius 3 is 2.95 bits per heavy atom. The van der Waals surface area contributed by atoms with Crippen LogP contribution in [0.1, 0.15) is 19.3 Å². The van der Waals surface area contributed by atoms with E-state index in [1.807, 2.05) is 18.0 Å². The lowest BCUT2D eigenvalue weighted by atomic mass is 10.0. The third kappa shape index (κ3) is 3.67. The van der Waals surface area contributed by atoms with E-state index < -0.39 is 0 Å². The molecule has 0 amide bonds. The molecule has 1 aromatic carbocycles. The molecule has 1 N–H and O–H groups in total. The first-order chi connectivity index (χ1) is 9.08.